The Hall–Kier alpha value is -2.95. The van der Waals surface area contributed by atoms with E-state index in [-0.39, 0.29) is 28.3 Å². The molecule has 2 aromatic carbocycles. The summed E-state index contributed by atoms with van der Waals surface area (Å²) in [6, 6.07) is 9.04. The lowest BCUT2D eigenvalue weighted by molar-refractivity contribution is 0.373. The molecule has 106 valence electrons. The SMILES string of the molecule is COc1cc2c(cc1O)o[13cH][13c](-c1ccc(O)cc1)[13c]2=O. The van der Waals surface area contributed by atoms with Gasteiger partial charge < -0.3 is 19.4 Å². The Morgan fingerprint density at radius 2 is 1.81 bits per heavy atom. The normalized spacial score (nSPS) is 10.7. The summed E-state index contributed by atoms with van der Waals surface area (Å²) in [6.07, 6.45) is 1.34. The molecule has 1 heterocycles. The van der Waals surface area contributed by atoms with Gasteiger partial charge in [0.1, 0.15) is 17.6 Å². The minimum atomic E-state index is -0.236. The van der Waals surface area contributed by atoms with Gasteiger partial charge >= 0.3 is 0 Å². The third-order valence-electron chi connectivity index (χ3n) is 3.25. The monoisotopic (exact) mass is 287 g/mol. The smallest absolute Gasteiger partial charge is 0.200 e. The highest BCUT2D eigenvalue weighted by atomic mass is 16.5. The van der Waals surface area contributed by atoms with Gasteiger partial charge in [0, 0.05) is 6.07 Å². The van der Waals surface area contributed by atoms with Crippen molar-refractivity contribution in [3.8, 4) is 28.4 Å². The van der Waals surface area contributed by atoms with Crippen LogP contribution in [0.4, 0.5) is 0 Å². The van der Waals surface area contributed by atoms with Crippen molar-refractivity contribution in [3.63, 3.8) is 0 Å². The van der Waals surface area contributed by atoms with E-state index in [2.05, 4.69) is 0 Å². The van der Waals surface area contributed by atoms with Crippen LogP contribution in [0.25, 0.3) is 22.1 Å². The van der Waals surface area contributed by atoms with Gasteiger partial charge in [-0.25, -0.2) is 0 Å². The van der Waals surface area contributed by atoms with E-state index >= 15 is 0 Å². The number of phenols is 2. The molecule has 21 heavy (non-hydrogen) atoms. The number of ether oxygens (including phenoxy) is 1. The molecule has 0 unspecified atom stereocenters. The van der Waals surface area contributed by atoms with Gasteiger partial charge in [0.25, 0.3) is 0 Å². The number of hydrogen-bond acceptors (Lipinski definition) is 5. The van der Waals surface area contributed by atoms with Crippen LogP contribution in [-0.4, -0.2) is 17.3 Å². The van der Waals surface area contributed by atoms with E-state index in [1.807, 2.05) is 0 Å². The van der Waals surface area contributed by atoms with Crippen LogP contribution < -0.4 is 10.2 Å². The van der Waals surface area contributed by atoms with Crippen LogP contribution >= 0.6 is 0 Å². The average molecular weight is 287 g/mol. The first kappa shape index (κ1) is 13.1. The van der Waals surface area contributed by atoms with Crippen LogP contribution in [-0.2, 0) is 0 Å². The molecule has 0 saturated carbocycles. The standard InChI is InChI=1S/C16H12O5/c1-20-15-6-11-14(7-13(15)18)21-8-12(16(11)19)9-2-4-10(17)5-3-9/h2-8,17-18H,1H3/i8+1,12+1,16+1. The number of methoxy groups -OCH3 is 1. The summed E-state index contributed by atoms with van der Waals surface area (Å²) in [5.41, 5.74) is 1.05. The van der Waals surface area contributed by atoms with Gasteiger partial charge in [-0.15, -0.1) is 0 Å². The Kier molecular flexibility index (Phi) is 3.02. The Labute approximate surface area is 119 Å². The van der Waals surface area contributed by atoms with Crippen LogP contribution in [0.15, 0.2) is 51.9 Å². The van der Waals surface area contributed by atoms with E-state index in [1.165, 1.54) is 37.6 Å². The van der Waals surface area contributed by atoms with Crippen molar-refractivity contribution in [1.29, 1.82) is 0 Å². The van der Waals surface area contributed by atoms with Crippen molar-refractivity contribution in [2.24, 2.45) is 0 Å². The Bertz CT molecular complexity index is 862. The lowest BCUT2D eigenvalue weighted by Gasteiger charge is -2.06. The molecule has 0 aliphatic carbocycles. The predicted molar refractivity (Wildman–Crippen MR) is 77.8 cm³/mol. The van der Waals surface area contributed by atoms with Crippen molar-refractivity contribution < 1.29 is 19.4 Å². The predicted octanol–water partition coefficient (Wildman–Crippen LogP) is 2.88. The molecular formula is C16H12O5. The van der Waals surface area contributed by atoms with Crippen molar-refractivity contribution in [1.82, 2.24) is 0 Å². The first-order valence-electron chi connectivity index (χ1n) is 6.22. The molecule has 0 saturated heterocycles. The molecule has 0 fully saturated rings. The van der Waals surface area contributed by atoms with E-state index < -0.39 is 0 Å². The van der Waals surface area contributed by atoms with Crippen LogP contribution in [0.2, 0.25) is 0 Å². The zero-order valence-electron chi connectivity index (χ0n) is 11.2. The molecule has 5 nitrogen and oxygen atoms in total. The zero-order valence-corrected chi connectivity index (χ0v) is 11.2. The number of hydrogen-bond donors (Lipinski definition) is 2. The summed E-state index contributed by atoms with van der Waals surface area (Å²) in [4.78, 5) is 12.5. The van der Waals surface area contributed by atoms with Crippen molar-refractivity contribution in [3.05, 3.63) is 52.9 Å². The summed E-state index contributed by atoms with van der Waals surface area (Å²) in [6.45, 7) is 0. The molecule has 0 amide bonds. The highest BCUT2D eigenvalue weighted by Crippen LogP contribution is 2.31. The van der Waals surface area contributed by atoms with Crippen molar-refractivity contribution in [2.45, 2.75) is 0 Å². The van der Waals surface area contributed by atoms with E-state index in [1.54, 1.807) is 12.1 Å². The van der Waals surface area contributed by atoms with Gasteiger partial charge in [-0.1, -0.05) is 12.1 Å². The van der Waals surface area contributed by atoms with Crippen LogP contribution in [0.5, 0.6) is 17.2 Å². The molecule has 3 rings (SSSR count). The van der Waals surface area contributed by atoms with E-state index in [0.29, 0.717) is 16.5 Å². The second-order valence-electron chi connectivity index (χ2n) is 4.55. The topological polar surface area (TPSA) is 79.9 Å². The lowest BCUT2D eigenvalue weighted by Crippen LogP contribution is -2.05. The summed E-state index contributed by atoms with van der Waals surface area (Å²) >= 11 is 0. The van der Waals surface area contributed by atoms with Crippen molar-refractivity contribution in [2.75, 3.05) is 7.11 Å². The summed E-state index contributed by atoms with van der Waals surface area (Å²) < 4.78 is 10.4. The van der Waals surface area contributed by atoms with E-state index in [9.17, 15) is 15.0 Å². The quantitative estimate of drug-likeness (QED) is 0.757. The number of fused-ring (bicyclic) bond motifs is 1. The molecule has 5 heteroatoms. The number of rotatable bonds is 2. The van der Waals surface area contributed by atoms with Gasteiger partial charge in [0.05, 0.1) is 18.1 Å². The summed E-state index contributed by atoms with van der Waals surface area (Å²) in [5, 5.41) is 19.3. The molecule has 0 radical (unpaired) electrons. The fourth-order valence-corrected chi connectivity index (χ4v) is 2.15. The van der Waals surface area contributed by atoms with Gasteiger partial charge in [-0.05, 0) is 23.8 Å². The molecule has 1 aromatic heterocycles. The molecule has 0 bridgehead atoms. The number of benzene rings is 2. The number of phenolic OH excluding ortho intramolecular Hbond substituents is 2. The second kappa shape index (κ2) is 4.86. The fraction of sp³-hybridized carbons (Fsp3) is 0.0625. The molecular weight excluding hydrogens is 275 g/mol. The maximum absolute atomic E-state index is 12.5. The molecule has 2 N–H and O–H groups in total. The Morgan fingerprint density at radius 3 is 2.48 bits per heavy atom. The molecule has 0 spiro atoms. The first-order chi connectivity index (χ1) is 10.1. The lowest BCUT2D eigenvalue weighted by atomic mass is 10.2. The van der Waals surface area contributed by atoms with Gasteiger partial charge in [0.2, 0.25) is 5.43 Å². The fourth-order valence-electron chi connectivity index (χ4n) is 2.15. The first-order valence-corrected chi connectivity index (χ1v) is 6.22. The molecule has 0 aliphatic heterocycles. The summed E-state index contributed by atoms with van der Waals surface area (Å²) in [5.74, 6) is 0.235. The van der Waals surface area contributed by atoms with Crippen LogP contribution in [0, 0.1) is 0 Å². The number of aromatic hydroxyl groups is 2. The largest absolute Gasteiger partial charge is 0.508 e. The van der Waals surface area contributed by atoms with Gasteiger partial charge in [0.15, 0.2) is 11.5 Å². The van der Waals surface area contributed by atoms with Gasteiger partial charge in [-0.3, -0.25) is 4.79 Å². The molecule has 0 aliphatic rings. The molecule has 0 atom stereocenters. The third kappa shape index (κ3) is 2.18. The highest BCUT2D eigenvalue weighted by Gasteiger charge is 2.12. The zero-order chi connectivity index (χ0) is 15.0. The average Bonchev–Trinajstić information content (AvgIpc) is 2.48. The Morgan fingerprint density at radius 1 is 1.10 bits per heavy atom. The van der Waals surface area contributed by atoms with Crippen molar-refractivity contribution >= 4 is 11.0 Å². The maximum Gasteiger partial charge on any atom is 0.200 e. The highest BCUT2D eigenvalue weighted by molar-refractivity contribution is 5.84. The molecule has 3 aromatic rings. The second-order valence-corrected chi connectivity index (χ2v) is 4.55. The van der Waals surface area contributed by atoms with Gasteiger partial charge in [-0.2, -0.15) is 0 Å². The third-order valence-corrected chi connectivity index (χ3v) is 3.25. The summed E-state index contributed by atoms with van der Waals surface area (Å²) in [7, 11) is 1.41. The minimum absolute atomic E-state index is 0.0921. The Balaban J connectivity index is 2.26. The van der Waals surface area contributed by atoms with Crippen LogP contribution in [0.1, 0.15) is 0 Å². The maximum atomic E-state index is 12.5. The van der Waals surface area contributed by atoms with E-state index in [4.69, 9.17) is 9.15 Å². The minimum Gasteiger partial charge on any atom is -0.508 e. The van der Waals surface area contributed by atoms with E-state index in [0.717, 1.165) is 0 Å². The van der Waals surface area contributed by atoms with Crippen LogP contribution in [0.3, 0.4) is 0 Å².